The van der Waals surface area contributed by atoms with Gasteiger partial charge in [-0.1, -0.05) is 177 Å². The lowest BCUT2D eigenvalue weighted by Crippen LogP contribution is -2.38. The number of para-hydroxylation sites is 2. The van der Waals surface area contributed by atoms with Gasteiger partial charge in [0.05, 0.1) is 19.1 Å². The Morgan fingerprint density at radius 3 is 1.27 bits per heavy atom. The van der Waals surface area contributed by atoms with E-state index < -0.39 is 8.07 Å². The topological polar surface area (TPSA) is 8.17 Å². The van der Waals surface area contributed by atoms with E-state index in [4.69, 9.17) is 0 Å². The van der Waals surface area contributed by atoms with Crippen LogP contribution in [0.2, 0.25) is 19.6 Å². The summed E-state index contributed by atoms with van der Waals surface area (Å²) in [6, 6.07) is 82.2. The van der Waals surface area contributed by atoms with Crippen LogP contribution in [-0.2, 0) is 0 Å². The maximum absolute atomic E-state index is 2.47. The van der Waals surface area contributed by atoms with E-state index in [1.807, 2.05) is 0 Å². The van der Waals surface area contributed by atoms with Gasteiger partial charge in [0.25, 0.3) is 0 Å². The number of nitrogens with zero attached hydrogens (tertiary/aromatic N) is 2. The maximum atomic E-state index is 2.47. The highest BCUT2D eigenvalue weighted by Crippen LogP contribution is 2.42. The third-order valence-corrected chi connectivity index (χ3v) is 14.5. The fourth-order valence-corrected chi connectivity index (χ4v) is 11.8. The molecule has 3 heteroatoms. The largest absolute Gasteiger partial charge is 0.311 e. The summed E-state index contributed by atoms with van der Waals surface area (Å²) in [4.78, 5) is 2.38. The van der Waals surface area contributed by atoms with Crippen molar-refractivity contribution in [3.63, 3.8) is 0 Å². The number of rotatable bonds is 8. The molecule has 0 atom stereocenters. The zero-order valence-corrected chi connectivity index (χ0v) is 36.3. The molecule has 10 aromatic carbocycles. The van der Waals surface area contributed by atoms with E-state index in [9.17, 15) is 0 Å². The van der Waals surface area contributed by atoms with Crippen LogP contribution in [0.1, 0.15) is 0 Å². The summed E-state index contributed by atoms with van der Waals surface area (Å²) in [7, 11) is -1.68. The minimum Gasteiger partial charge on any atom is -0.311 e. The van der Waals surface area contributed by atoms with Gasteiger partial charge < -0.3 is 9.47 Å². The van der Waals surface area contributed by atoms with Crippen LogP contribution in [-0.4, -0.2) is 12.6 Å². The first-order chi connectivity index (χ1) is 30.4. The van der Waals surface area contributed by atoms with Gasteiger partial charge in [-0.3, -0.25) is 0 Å². The summed E-state index contributed by atoms with van der Waals surface area (Å²) in [5.74, 6) is 0. The Balaban J connectivity index is 1.01. The summed E-state index contributed by atoms with van der Waals surface area (Å²) < 4.78 is 2.37. The zero-order chi connectivity index (χ0) is 41.8. The highest BCUT2D eigenvalue weighted by molar-refractivity contribution is 6.92. The predicted octanol–water partition coefficient (Wildman–Crippen LogP) is 16.1. The lowest BCUT2D eigenvalue weighted by molar-refractivity contribution is 1.18. The van der Waals surface area contributed by atoms with Crippen molar-refractivity contribution in [2.75, 3.05) is 4.90 Å². The highest BCUT2D eigenvalue weighted by atomic mass is 28.3. The number of anilines is 3. The minimum atomic E-state index is -1.68. The van der Waals surface area contributed by atoms with Crippen molar-refractivity contribution in [1.82, 2.24) is 4.57 Å². The molecule has 11 rings (SSSR count). The molecule has 1 aromatic heterocycles. The predicted molar refractivity (Wildman–Crippen MR) is 270 cm³/mol. The number of benzene rings is 10. The first kappa shape index (κ1) is 37.5. The number of hydrogen-bond acceptors (Lipinski definition) is 1. The molecule has 0 spiro atoms. The molecule has 0 N–H and O–H groups in total. The summed E-state index contributed by atoms with van der Waals surface area (Å²) in [6.07, 6.45) is 0. The third-order valence-electron chi connectivity index (χ3n) is 12.5. The second-order valence-corrected chi connectivity index (χ2v) is 22.4. The van der Waals surface area contributed by atoms with Crippen molar-refractivity contribution in [2.24, 2.45) is 0 Å². The minimum absolute atomic E-state index is 1.10. The van der Waals surface area contributed by atoms with Gasteiger partial charge in [-0.15, -0.1) is 0 Å². The molecule has 0 unspecified atom stereocenters. The van der Waals surface area contributed by atoms with Crippen molar-refractivity contribution in [2.45, 2.75) is 19.6 Å². The molecule has 1 heterocycles. The van der Waals surface area contributed by atoms with Crippen LogP contribution in [0.4, 0.5) is 17.1 Å². The second kappa shape index (κ2) is 15.2. The summed E-state index contributed by atoms with van der Waals surface area (Å²) >= 11 is 0. The Morgan fingerprint density at radius 2 is 0.726 bits per heavy atom. The van der Waals surface area contributed by atoms with E-state index in [-0.39, 0.29) is 0 Å². The first-order valence-electron chi connectivity index (χ1n) is 21.6. The zero-order valence-electron chi connectivity index (χ0n) is 35.3. The summed E-state index contributed by atoms with van der Waals surface area (Å²) in [6.45, 7) is 7.40. The van der Waals surface area contributed by atoms with Crippen LogP contribution < -0.4 is 10.1 Å². The van der Waals surface area contributed by atoms with Gasteiger partial charge in [-0.05, 0) is 127 Å². The fourth-order valence-electron chi connectivity index (χ4n) is 9.72. The molecular formula is C59H46N2Si. The Morgan fingerprint density at radius 1 is 0.323 bits per heavy atom. The van der Waals surface area contributed by atoms with E-state index in [2.05, 4.69) is 254 Å². The Kier molecular flexibility index (Phi) is 9.21. The van der Waals surface area contributed by atoms with Crippen LogP contribution >= 0.6 is 0 Å². The fraction of sp³-hybridized carbons (Fsp3) is 0.0508. The van der Waals surface area contributed by atoms with E-state index in [0.717, 1.165) is 17.1 Å². The van der Waals surface area contributed by atoms with Crippen molar-refractivity contribution in [3.05, 3.63) is 224 Å². The highest BCUT2D eigenvalue weighted by Gasteiger charge is 2.25. The average Bonchev–Trinajstić information content (AvgIpc) is 3.65. The number of aromatic nitrogens is 1. The number of hydrogen-bond donors (Lipinski definition) is 0. The van der Waals surface area contributed by atoms with Crippen LogP contribution in [0.5, 0.6) is 0 Å². The van der Waals surface area contributed by atoms with Gasteiger partial charge in [0.15, 0.2) is 0 Å². The molecule has 0 fully saturated rings. The van der Waals surface area contributed by atoms with Gasteiger partial charge in [0, 0.05) is 33.5 Å². The second-order valence-electron chi connectivity index (χ2n) is 17.4. The van der Waals surface area contributed by atoms with Crippen LogP contribution in [0, 0.1) is 0 Å². The molecule has 11 aromatic rings. The molecule has 2 nitrogen and oxygen atoms in total. The van der Waals surface area contributed by atoms with Crippen molar-refractivity contribution in [1.29, 1.82) is 0 Å². The van der Waals surface area contributed by atoms with Gasteiger partial charge in [-0.25, -0.2) is 0 Å². The smallest absolute Gasteiger partial charge is 0.0792 e. The average molecular weight is 811 g/mol. The normalized spacial score (nSPS) is 11.8. The summed E-state index contributed by atoms with van der Waals surface area (Å²) in [5.41, 5.74) is 14.2. The molecule has 0 saturated carbocycles. The van der Waals surface area contributed by atoms with Crippen LogP contribution in [0.25, 0.3) is 82.4 Å². The van der Waals surface area contributed by atoms with Gasteiger partial charge in [-0.2, -0.15) is 0 Å². The standard InChI is InChI=1S/C59H46N2Si/c1-62(2,3)59-53-23-12-10-21-51(53)58(52-22-11-13-24-54(52)59)44-30-37-49(38-31-44)60(47-33-26-42(27-34-47)41-16-6-4-7-17-41)48-35-28-43(29-36-48)45-32-39-57-55(40-45)50-20-14-15-25-56(50)61(57)46-18-8-5-9-19-46/h4-40H,1-3H3. The van der Waals surface area contributed by atoms with Crippen LogP contribution in [0.3, 0.4) is 0 Å². The molecule has 0 aliphatic heterocycles. The quantitative estimate of drug-likeness (QED) is 0.110. The SMILES string of the molecule is C[Si](C)(C)c1c2ccccc2c(-c2ccc(N(c3ccc(-c4ccccc4)cc3)c3ccc(-c4ccc5c(c4)c4ccccc4n5-c4ccccc4)cc3)cc2)c2ccccc12. The van der Waals surface area contributed by atoms with Gasteiger partial charge in [0.1, 0.15) is 0 Å². The summed E-state index contributed by atoms with van der Waals surface area (Å²) in [5, 5.41) is 9.45. The molecule has 62 heavy (non-hydrogen) atoms. The van der Waals surface area contributed by atoms with E-state index in [1.165, 1.54) is 87.6 Å². The van der Waals surface area contributed by atoms with Gasteiger partial charge in [0.2, 0.25) is 0 Å². The van der Waals surface area contributed by atoms with Crippen LogP contribution in [0.15, 0.2) is 224 Å². The molecule has 0 aliphatic rings. The van der Waals surface area contributed by atoms with E-state index >= 15 is 0 Å². The number of fused-ring (bicyclic) bond motifs is 5. The van der Waals surface area contributed by atoms with E-state index in [1.54, 1.807) is 0 Å². The molecule has 296 valence electrons. The lowest BCUT2D eigenvalue weighted by atomic mass is 9.91. The first-order valence-corrected chi connectivity index (χ1v) is 25.1. The maximum Gasteiger partial charge on any atom is 0.0792 e. The van der Waals surface area contributed by atoms with Gasteiger partial charge >= 0.3 is 0 Å². The van der Waals surface area contributed by atoms with Crippen molar-refractivity contribution < 1.29 is 0 Å². The third kappa shape index (κ3) is 6.50. The van der Waals surface area contributed by atoms with Crippen molar-refractivity contribution in [3.8, 4) is 39.1 Å². The van der Waals surface area contributed by atoms with E-state index in [0.29, 0.717) is 0 Å². The Bertz CT molecular complexity index is 3340. The Labute approximate surface area is 364 Å². The molecule has 0 bridgehead atoms. The molecule has 0 aliphatic carbocycles. The molecular weight excluding hydrogens is 765 g/mol. The molecule has 0 radical (unpaired) electrons. The van der Waals surface area contributed by atoms with Crippen molar-refractivity contribution >= 4 is 73.7 Å². The lowest BCUT2D eigenvalue weighted by Gasteiger charge is -2.27. The molecule has 0 amide bonds. The Hall–Kier alpha value is -7.46. The monoisotopic (exact) mass is 810 g/mol. The molecule has 0 saturated heterocycles.